The minimum Gasteiger partial charge on any atom is -0.377 e. The number of hydrogen-bond acceptors (Lipinski definition) is 7. The number of nitrogens with one attached hydrogen (secondary N) is 1. The summed E-state index contributed by atoms with van der Waals surface area (Å²) in [6.07, 6.45) is 7.84. The van der Waals surface area contributed by atoms with Gasteiger partial charge in [-0.3, -0.25) is 4.79 Å². The van der Waals surface area contributed by atoms with E-state index in [-0.39, 0.29) is 17.9 Å². The molecule has 164 valence electrons. The maximum atomic E-state index is 13.2. The van der Waals surface area contributed by atoms with Gasteiger partial charge in [0.05, 0.1) is 30.2 Å². The molecule has 0 bridgehead atoms. The normalized spacial score (nSPS) is 21.1. The number of hydrogen-bond donors (Lipinski definition) is 1. The van der Waals surface area contributed by atoms with E-state index in [0.717, 1.165) is 46.5 Å². The Kier molecular flexibility index (Phi) is 4.80. The van der Waals surface area contributed by atoms with Crippen LogP contribution in [-0.2, 0) is 22.4 Å². The zero-order chi connectivity index (χ0) is 21.7. The molecule has 4 aromatic heterocycles. The molecule has 4 aromatic rings. The average Bonchev–Trinajstić information content (AvgIpc) is 3.42. The van der Waals surface area contributed by atoms with Crippen LogP contribution in [0, 0.1) is 5.92 Å². The summed E-state index contributed by atoms with van der Waals surface area (Å²) >= 11 is 1.70. The second-order valence-electron chi connectivity index (χ2n) is 8.54. The first-order valence-corrected chi connectivity index (χ1v) is 11.8. The molecule has 0 unspecified atom stereocenters. The predicted molar refractivity (Wildman–Crippen MR) is 123 cm³/mol. The fourth-order valence-corrected chi connectivity index (χ4v) is 6.11. The number of carbonyl (C=O) groups is 1. The number of amides is 1. The monoisotopic (exact) mass is 448 g/mol. The molecule has 1 amide bonds. The molecule has 1 saturated heterocycles. The van der Waals surface area contributed by atoms with Gasteiger partial charge in [0.1, 0.15) is 17.0 Å². The largest absolute Gasteiger partial charge is 0.377 e. The van der Waals surface area contributed by atoms with Crippen LogP contribution >= 0.6 is 11.3 Å². The summed E-state index contributed by atoms with van der Waals surface area (Å²) < 4.78 is 7.34. The van der Waals surface area contributed by atoms with Gasteiger partial charge in [0, 0.05) is 35.4 Å². The number of anilines is 2. The van der Waals surface area contributed by atoms with Crippen LogP contribution in [0.4, 0.5) is 11.5 Å². The van der Waals surface area contributed by atoms with Crippen LogP contribution < -0.4 is 5.32 Å². The Morgan fingerprint density at radius 3 is 3.16 bits per heavy atom. The predicted octanol–water partition coefficient (Wildman–Crippen LogP) is 3.43. The van der Waals surface area contributed by atoms with Crippen LogP contribution in [0.15, 0.2) is 36.9 Å². The molecule has 8 nitrogen and oxygen atoms in total. The van der Waals surface area contributed by atoms with Gasteiger partial charge in [-0.2, -0.15) is 5.10 Å². The zero-order valence-electron chi connectivity index (χ0n) is 17.8. The Morgan fingerprint density at radius 1 is 1.31 bits per heavy atom. The molecular formula is C23H24N6O2S. The average molecular weight is 449 g/mol. The van der Waals surface area contributed by atoms with Crippen molar-refractivity contribution in [2.45, 2.75) is 32.2 Å². The number of aromatic nitrogens is 4. The van der Waals surface area contributed by atoms with Crippen molar-refractivity contribution in [2.75, 3.05) is 25.1 Å². The molecule has 1 fully saturated rings. The second-order valence-corrected chi connectivity index (χ2v) is 9.63. The number of ether oxygens (including phenoxy) is 1. The molecule has 9 heteroatoms. The highest BCUT2D eigenvalue weighted by Gasteiger charge is 2.34. The number of pyridine rings is 1. The lowest BCUT2D eigenvalue weighted by molar-refractivity contribution is -0.143. The number of carbonyl (C=O) groups excluding carboxylic acids is 1. The van der Waals surface area contributed by atoms with Crippen molar-refractivity contribution >= 4 is 44.5 Å². The molecule has 1 aliphatic heterocycles. The number of aryl methyl sites for hydroxylation is 1. The van der Waals surface area contributed by atoms with Crippen LogP contribution in [0.2, 0.25) is 0 Å². The van der Waals surface area contributed by atoms with E-state index in [1.54, 1.807) is 23.9 Å². The van der Waals surface area contributed by atoms with Crippen molar-refractivity contribution in [3.05, 3.63) is 47.4 Å². The van der Waals surface area contributed by atoms with Gasteiger partial charge in [-0.1, -0.05) is 0 Å². The summed E-state index contributed by atoms with van der Waals surface area (Å²) in [6, 6.07) is 6.16. The third-order valence-corrected chi connectivity index (χ3v) is 7.67. The molecule has 0 saturated carbocycles. The van der Waals surface area contributed by atoms with Gasteiger partial charge in [0.25, 0.3) is 0 Å². The number of thiophene rings is 1. The molecule has 2 aliphatic rings. The van der Waals surface area contributed by atoms with E-state index in [2.05, 4.69) is 33.4 Å². The molecule has 0 radical (unpaired) electrons. The molecule has 2 atom stereocenters. The van der Waals surface area contributed by atoms with Crippen molar-refractivity contribution in [3.8, 4) is 0 Å². The SMILES string of the molecule is C[C@@H]1COCCN1C(=O)[C@H]1CCc2c(sc3ncnc(Nc4ccn5nccc5c4)c23)C1. The van der Waals surface area contributed by atoms with Crippen molar-refractivity contribution in [1.82, 2.24) is 24.5 Å². The summed E-state index contributed by atoms with van der Waals surface area (Å²) in [5.74, 6) is 1.12. The first kappa shape index (κ1) is 19.6. The summed E-state index contributed by atoms with van der Waals surface area (Å²) in [7, 11) is 0. The molecular weight excluding hydrogens is 424 g/mol. The fraction of sp³-hybridized carbons (Fsp3) is 0.391. The van der Waals surface area contributed by atoms with E-state index in [9.17, 15) is 4.79 Å². The van der Waals surface area contributed by atoms with Crippen LogP contribution in [-0.4, -0.2) is 56.2 Å². The van der Waals surface area contributed by atoms with E-state index < -0.39 is 0 Å². The van der Waals surface area contributed by atoms with Gasteiger partial charge in [0.2, 0.25) is 5.91 Å². The van der Waals surface area contributed by atoms with Crippen molar-refractivity contribution in [1.29, 1.82) is 0 Å². The number of fused-ring (bicyclic) bond motifs is 4. The Balaban J connectivity index is 1.29. The maximum absolute atomic E-state index is 13.2. The molecule has 6 rings (SSSR count). The van der Waals surface area contributed by atoms with Crippen molar-refractivity contribution < 1.29 is 9.53 Å². The lowest BCUT2D eigenvalue weighted by atomic mass is 9.86. The minimum atomic E-state index is 0.0322. The second kappa shape index (κ2) is 7.83. The van der Waals surface area contributed by atoms with E-state index >= 15 is 0 Å². The lowest BCUT2D eigenvalue weighted by Crippen LogP contribution is -2.50. The Morgan fingerprint density at radius 2 is 2.25 bits per heavy atom. The van der Waals surface area contributed by atoms with Gasteiger partial charge in [-0.15, -0.1) is 11.3 Å². The maximum Gasteiger partial charge on any atom is 0.226 e. The summed E-state index contributed by atoms with van der Waals surface area (Å²) in [4.78, 5) is 26.6. The highest BCUT2D eigenvalue weighted by molar-refractivity contribution is 7.19. The van der Waals surface area contributed by atoms with Gasteiger partial charge in [-0.25, -0.2) is 14.5 Å². The van der Waals surface area contributed by atoms with E-state index in [4.69, 9.17) is 4.74 Å². The van der Waals surface area contributed by atoms with E-state index in [0.29, 0.717) is 19.8 Å². The quantitative estimate of drug-likeness (QED) is 0.517. The zero-order valence-corrected chi connectivity index (χ0v) is 18.6. The summed E-state index contributed by atoms with van der Waals surface area (Å²) in [5, 5.41) is 8.82. The van der Waals surface area contributed by atoms with Crippen LogP contribution in [0.25, 0.3) is 15.7 Å². The Bertz CT molecular complexity index is 1310. The highest BCUT2D eigenvalue weighted by atomic mass is 32.1. The van der Waals surface area contributed by atoms with Gasteiger partial charge >= 0.3 is 0 Å². The molecule has 0 aromatic carbocycles. The lowest BCUT2D eigenvalue weighted by Gasteiger charge is -2.36. The van der Waals surface area contributed by atoms with Crippen molar-refractivity contribution in [2.24, 2.45) is 5.92 Å². The standard InChI is InChI=1S/C23H24N6O2S/c1-14-12-31-9-8-28(14)23(30)15-2-3-18-19(10-15)32-22-20(18)21(24-13-25-22)27-16-5-7-29-17(11-16)4-6-26-29/h4-7,11,13-15H,2-3,8-10,12H2,1H3,(H,24,25,27)/t14-,15+/m1/s1. The highest BCUT2D eigenvalue weighted by Crippen LogP contribution is 2.41. The van der Waals surface area contributed by atoms with E-state index in [1.807, 2.05) is 27.7 Å². The first-order chi connectivity index (χ1) is 15.7. The number of nitrogens with zero attached hydrogens (tertiary/aromatic N) is 5. The van der Waals surface area contributed by atoms with Crippen LogP contribution in [0.1, 0.15) is 23.8 Å². The molecule has 1 N–H and O–H groups in total. The third kappa shape index (κ3) is 3.32. The summed E-state index contributed by atoms with van der Waals surface area (Å²) in [6.45, 7) is 4.02. The molecule has 1 aliphatic carbocycles. The van der Waals surface area contributed by atoms with Gasteiger partial charge in [0.15, 0.2) is 0 Å². The molecule has 0 spiro atoms. The molecule has 5 heterocycles. The smallest absolute Gasteiger partial charge is 0.226 e. The van der Waals surface area contributed by atoms with Crippen LogP contribution in [0.3, 0.4) is 0 Å². The van der Waals surface area contributed by atoms with Gasteiger partial charge < -0.3 is 15.0 Å². The van der Waals surface area contributed by atoms with E-state index in [1.165, 1.54) is 10.4 Å². The fourth-order valence-electron chi connectivity index (χ4n) is 4.84. The first-order valence-electron chi connectivity index (χ1n) is 11.0. The van der Waals surface area contributed by atoms with Gasteiger partial charge in [-0.05, 0) is 49.9 Å². The third-order valence-electron chi connectivity index (χ3n) is 6.51. The number of morpholine rings is 1. The molecule has 32 heavy (non-hydrogen) atoms. The van der Waals surface area contributed by atoms with Crippen LogP contribution in [0.5, 0.6) is 0 Å². The number of rotatable bonds is 3. The topological polar surface area (TPSA) is 84.6 Å². The Labute approximate surface area is 189 Å². The Hall–Kier alpha value is -3.04. The summed E-state index contributed by atoms with van der Waals surface area (Å²) in [5.41, 5.74) is 3.27. The minimum absolute atomic E-state index is 0.0322. The van der Waals surface area contributed by atoms with Crippen molar-refractivity contribution in [3.63, 3.8) is 0 Å².